The molecule has 4 heteroatoms. The Hall–Kier alpha value is -2.04. The highest BCUT2D eigenvalue weighted by Gasteiger charge is 2.45. The molecule has 1 N–H and O–H groups in total. The van der Waals surface area contributed by atoms with Gasteiger partial charge in [0.05, 0.1) is 6.61 Å². The molecule has 0 bridgehead atoms. The standard InChI is InChI=1S/C25H35NO3/c1-8-26-19-13-14-21-20(15-19)22(27-7)23(25(5,6)29-21)28-16-17-9-11-18(12-10-17)24(2,3)4/h9-15,22-23,26H,8,16H2,1-7H3. The monoisotopic (exact) mass is 397 g/mol. The highest BCUT2D eigenvalue weighted by Crippen LogP contribution is 2.44. The molecule has 1 heterocycles. The lowest BCUT2D eigenvalue weighted by molar-refractivity contribution is -0.159. The van der Waals surface area contributed by atoms with Gasteiger partial charge in [-0.15, -0.1) is 0 Å². The number of anilines is 1. The highest BCUT2D eigenvalue weighted by molar-refractivity contribution is 5.53. The molecule has 29 heavy (non-hydrogen) atoms. The second kappa shape index (κ2) is 8.37. The van der Waals surface area contributed by atoms with Crippen LogP contribution < -0.4 is 10.1 Å². The normalized spacial score (nSPS) is 20.7. The lowest BCUT2D eigenvalue weighted by Gasteiger charge is -2.44. The van der Waals surface area contributed by atoms with Crippen molar-refractivity contribution >= 4 is 5.69 Å². The summed E-state index contributed by atoms with van der Waals surface area (Å²) in [6.07, 6.45) is -0.416. The van der Waals surface area contributed by atoms with Crippen molar-refractivity contribution in [2.24, 2.45) is 0 Å². The van der Waals surface area contributed by atoms with Crippen molar-refractivity contribution in [2.45, 2.75) is 71.4 Å². The molecule has 2 aromatic rings. The van der Waals surface area contributed by atoms with E-state index in [1.807, 2.05) is 12.1 Å². The molecule has 0 fully saturated rings. The first-order valence-corrected chi connectivity index (χ1v) is 10.5. The van der Waals surface area contributed by atoms with Crippen LogP contribution in [0.1, 0.15) is 64.3 Å². The van der Waals surface area contributed by atoms with Crippen molar-refractivity contribution in [1.82, 2.24) is 0 Å². The molecule has 3 rings (SSSR count). The zero-order valence-electron chi connectivity index (χ0n) is 18.8. The summed E-state index contributed by atoms with van der Waals surface area (Å²) in [5.74, 6) is 0.859. The first kappa shape index (κ1) is 21.7. The Balaban J connectivity index is 1.81. The van der Waals surface area contributed by atoms with Crippen LogP contribution in [-0.4, -0.2) is 25.4 Å². The van der Waals surface area contributed by atoms with Crippen molar-refractivity contribution in [2.75, 3.05) is 19.0 Å². The summed E-state index contributed by atoms with van der Waals surface area (Å²) in [6.45, 7) is 14.3. The molecule has 0 aromatic heterocycles. The fourth-order valence-electron chi connectivity index (χ4n) is 3.87. The van der Waals surface area contributed by atoms with E-state index in [0.717, 1.165) is 29.1 Å². The Morgan fingerprint density at radius 1 is 1.07 bits per heavy atom. The van der Waals surface area contributed by atoms with E-state index in [4.69, 9.17) is 14.2 Å². The van der Waals surface area contributed by atoms with Crippen LogP contribution in [0.3, 0.4) is 0 Å². The fraction of sp³-hybridized carbons (Fsp3) is 0.520. The van der Waals surface area contributed by atoms with Crippen LogP contribution >= 0.6 is 0 Å². The molecule has 0 aliphatic carbocycles. The summed E-state index contributed by atoms with van der Waals surface area (Å²) in [6, 6.07) is 14.8. The van der Waals surface area contributed by atoms with Gasteiger partial charge in [0.25, 0.3) is 0 Å². The lowest BCUT2D eigenvalue weighted by atomic mass is 9.86. The Bertz CT molecular complexity index is 821. The van der Waals surface area contributed by atoms with Gasteiger partial charge in [0.2, 0.25) is 0 Å². The third kappa shape index (κ3) is 4.76. The first-order valence-electron chi connectivity index (χ1n) is 10.5. The predicted molar refractivity (Wildman–Crippen MR) is 119 cm³/mol. The van der Waals surface area contributed by atoms with Gasteiger partial charge >= 0.3 is 0 Å². The fourth-order valence-corrected chi connectivity index (χ4v) is 3.87. The van der Waals surface area contributed by atoms with E-state index < -0.39 is 5.60 Å². The minimum atomic E-state index is -0.501. The van der Waals surface area contributed by atoms with E-state index in [0.29, 0.717) is 6.61 Å². The summed E-state index contributed by atoms with van der Waals surface area (Å²) in [4.78, 5) is 0. The number of hydrogen-bond donors (Lipinski definition) is 1. The molecule has 158 valence electrons. The number of methoxy groups -OCH3 is 1. The molecular formula is C25H35NO3. The molecule has 0 saturated carbocycles. The van der Waals surface area contributed by atoms with Gasteiger partial charge in [-0.1, -0.05) is 45.0 Å². The molecule has 2 aromatic carbocycles. The van der Waals surface area contributed by atoms with Gasteiger partial charge in [-0.2, -0.15) is 0 Å². The summed E-state index contributed by atoms with van der Waals surface area (Å²) < 4.78 is 18.6. The number of benzene rings is 2. The molecule has 0 saturated heterocycles. The SMILES string of the molecule is CCNc1ccc2c(c1)C(OC)C(OCc1ccc(C(C)(C)C)cc1)C(C)(C)O2. The minimum absolute atomic E-state index is 0.147. The van der Waals surface area contributed by atoms with Crippen LogP contribution in [0.15, 0.2) is 42.5 Å². The molecule has 1 aliphatic heterocycles. The lowest BCUT2D eigenvalue weighted by Crippen LogP contribution is -2.50. The highest BCUT2D eigenvalue weighted by atomic mass is 16.6. The zero-order chi connectivity index (χ0) is 21.2. The van der Waals surface area contributed by atoms with Gasteiger partial charge < -0.3 is 19.5 Å². The molecular weight excluding hydrogens is 362 g/mol. The van der Waals surface area contributed by atoms with Gasteiger partial charge in [-0.05, 0) is 55.5 Å². The van der Waals surface area contributed by atoms with Crippen LogP contribution in [0.2, 0.25) is 0 Å². The molecule has 2 unspecified atom stereocenters. The van der Waals surface area contributed by atoms with Crippen LogP contribution in [0.25, 0.3) is 0 Å². The van der Waals surface area contributed by atoms with Crippen LogP contribution in [0.4, 0.5) is 5.69 Å². The molecule has 4 nitrogen and oxygen atoms in total. The second-order valence-corrected chi connectivity index (χ2v) is 9.32. The minimum Gasteiger partial charge on any atom is -0.485 e. The van der Waals surface area contributed by atoms with E-state index >= 15 is 0 Å². The summed E-state index contributed by atoms with van der Waals surface area (Å²) in [5, 5.41) is 3.36. The summed E-state index contributed by atoms with van der Waals surface area (Å²) in [7, 11) is 1.74. The van der Waals surface area contributed by atoms with Crippen LogP contribution in [0, 0.1) is 0 Å². The van der Waals surface area contributed by atoms with E-state index in [1.54, 1.807) is 7.11 Å². The maximum atomic E-state index is 6.40. The molecule has 1 aliphatic rings. The van der Waals surface area contributed by atoms with Crippen molar-refractivity contribution in [1.29, 1.82) is 0 Å². The topological polar surface area (TPSA) is 39.7 Å². The Kier molecular flexibility index (Phi) is 6.25. The quantitative estimate of drug-likeness (QED) is 0.663. The second-order valence-electron chi connectivity index (χ2n) is 9.32. The number of nitrogens with one attached hydrogen (secondary N) is 1. The van der Waals surface area contributed by atoms with Crippen molar-refractivity contribution in [3.05, 3.63) is 59.2 Å². The van der Waals surface area contributed by atoms with Gasteiger partial charge in [-0.25, -0.2) is 0 Å². The average molecular weight is 398 g/mol. The maximum Gasteiger partial charge on any atom is 0.132 e. The van der Waals surface area contributed by atoms with Crippen molar-refractivity contribution in [3.8, 4) is 5.75 Å². The van der Waals surface area contributed by atoms with E-state index in [2.05, 4.69) is 77.2 Å². The third-order valence-corrected chi connectivity index (χ3v) is 5.53. The molecule has 0 amide bonds. The average Bonchev–Trinajstić information content (AvgIpc) is 2.65. The van der Waals surface area contributed by atoms with E-state index in [1.165, 1.54) is 5.56 Å². The van der Waals surface area contributed by atoms with Crippen molar-refractivity contribution < 1.29 is 14.2 Å². The predicted octanol–water partition coefficient (Wildman–Crippen LogP) is 5.86. The Morgan fingerprint density at radius 3 is 2.34 bits per heavy atom. The zero-order valence-corrected chi connectivity index (χ0v) is 18.8. The maximum absolute atomic E-state index is 6.40. The number of rotatable bonds is 6. The van der Waals surface area contributed by atoms with E-state index in [9.17, 15) is 0 Å². The van der Waals surface area contributed by atoms with E-state index in [-0.39, 0.29) is 17.6 Å². The largest absolute Gasteiger partial charge is 0.485 e. The van der Waals surface area contributed by atoms with Crippen LogP contribution in [-0.2, 0) is 21.5 Å². The summed E-state index contributed by atoms with van der Waals surface area (Å²) in [5.41, 5.74) is 4.21. The number of ether oxygens (including phenoxy) is 3. The number of fused-ring (bicyclic) bond motifs is 1. The summed E-state index contributed by atoms with van der Waals surface area (Å²) >= 11 is 0. The van der Waals surface area contributed by atoms with Gasteiger partial charge in [-0.3, -0.25) is 0 Å². The van der Waals surface area contributed by atoms with Crippen molar-refractivity contribution in [3.63, 3.8) is 0 Å². The Labute approximate surface area is 175 Å². The molecule has 0 radical (unpaired) electrons. The smallest absolute Gasteiger partial charge is 0.132 e. The van der Waals surface area contributed by atoms with Gasteiger partial charge in [0.1, 0.15) is 23.6 Å². The first-order chi connectivity index (χ1) is 13.7. The molecule has 2 atom stereocenters. The van der Waals surface area contributed by atoms with Crippen LogP contribution in [0.5, 0.6) is 5.75 Å². The van der Waals surface area contributed by atoms with Gasteiger partial charge in [0, 0.05) is 24.9 Å². The Morgan fingerprint density at radius 2 is 1.76 bits per heavy atom. The van der Waals surface area contributed by atoms with Gasteiger partial charge in [0.15, 0.2) is 0 Å². The molecule has 0 spiro atoms. The number of hydrogen-bond acceptors (Lipinski definition) is 4. The third-order valence-electron chi connectivity index (χ3n) is 5.53.